The molecule has 20 aromatic rings. The number of Topliss-reactive ketones (excluding diaryl/α,β-unsaturated/α-hetero) is 2. The van der Waals surface area contributed by atoms with Gasteiger partial charge in [-0.25, -0.2) is 0 Å². The molecule has 0 aromatic heterocycles. The number of benzene rings is 20. The second-order valence-electron chi connectivity index (χ2n) is 28.6. The molecule has 0 fully saturated rings. The largest absolute Gasteiger partial charge is 0.294 e. The van der Waals surface area contributed by atoms with Gasteiger partial charge in [0, 0.05) is 79.6 Å². The lowest BCUT2D eigenvalue weighted by atomic mass is 9.79. The molecule has 0 radical (unpaired) electrons. The van der Waals surface area contributed by atoms with Gasteiger partial charge >= 0.3 is 0 Å². The van der Waals surface area contributed by atoms with Crippen LogP contribution in [0.3, 0.4) is 0 Å². The van der Waals surface area contributed by atoms with Crippen LogP contribution in [0.2, 0.25) is 0 Å². The summed E-state index contributed by atoms with van der Waals surface area (Å²) in [5.74, 6) is -0.506. The van der Waals surface area contributed by atoms with Crippen molar-refractivity contribution in [2.24, 2.45) is 0 Å². The van der Waals surface area contributed by atoms with Gasteiger partial charge in [0.05, 0.1) is 0 Å². The molecule has 0 saturated heterocycles. The Balaban J connectivity index is 0.721. The Hall–Kier alpha value is -13.3. The van der Waals surface area contributed by atoms with Gasteiger partial charge in [0.25, 0.3) is 0 Å². The first-order chi connectivity index (χ1) is 52.3. The second-order valence-corrected chi connectivity index (χ2v) is 28.6. The maximum absolute atomic E-state index is 17.1. The van der Waals surface area contributed by atoms with E-state index in [4.69, 9.17) is 0 Å². The summed E-state index contributed by atoms with van der Waals surface area (Å²) < 4.78 is 0. The van der Waals surface area contributed by atoms with Gasteiger partial charge in [0.15, 0.2) is 23.1 Å². The molecule has 0 saturated carbocycles. The zero-order valence-electron chi connectivity index (χ0n) is 58.1. The summed E-state index contributed by atoms with van der Waals surface area (Å²) in [5, 5.41) is 25.4. The van der Waals surface area contributed by atoms with Gasteiger partial charge < -0.3 is 0 Å². The smallest absolute Gasteiger partial charge is 0.194 e. The predicted molar refractivity (Wildman–Crippen MR) is 442 cm³/mol. The molecule has 0 spiro atoms. The van der Waals surface area contributed by atoms with E-state index in [1.807, 2.05) is 146 Å². The number of aryl methyl sites for hydroxylation is 2. The first-order valence-corrected chi connectivity index (χ1v) is 36.9. The van der Waals surface area contributed by atoms with E-state index in [1.54, 1.807) is 0 Å². The Morgan fingerprint density at radius 2 is 0.396 bits per heavy atom. The number of hydrogen-bond donors (Lipinski definition) is 0. The third-order valence-corrected chi connectivity index (χ3v) is 22.8. The van der Waals surface area contributed by atoms with Crippen LogP contribution in [0, 0.1) is 0 Å². The van der Waals surface area contributed by atoms with Gasteiger partial charge in [-0.05, 0) is 190 Å². The quantitative estimate of drug-likeness (QED) is 0.0673. The molecule has 0 amide bonds. The molecular weight excluding hydrogens is 1290 g/mol. The normalized spacial score (nSPS) is 12.0. The SMILES string of the molecule is O=C(CCCc1ccc2ccc3cccc4ccc1c2c34)c1ccc2ccccc2c1-c1c(C(=O)c2ccc3ccccc3c2-c2c(C(=O)c3ccc4ccccc4c3-c3c(C(=O)CCCc4ccc5ccc6cccc7ccc4c5c67)ccc4ccccc34)ccc3ccccc23)ccc2ccccc12. The van der Waals surface area contributed by atoms with Crippen molar-refractivity contribution < 1.29 is 19.2 Å². The number of ketones is 4. The van der Waals surface area contributed by atoms with Crippen LogP contribution in [0.1, 0.15) is 89.4 Å². The lowest BCUT2D eigenvalue weighted by Gasteiger charge is -2.22. The van der Waals surface area contributed by atoms with Crippen LogP contribution < -0.4 is 0 Å². The van der Waals surface area contributed by atoms with Crippen LogP contribution in [0.4, 0.5) is 0 Å². The fourth-order valence-electron chi connectivity index (χ4n) is 17.9. The molecule has 0 bridgehead atoms. The number of carbonyl (C=O) groups is 4. The highest BCUT2D eigenvalue weighted by Crippen LogP contribution is 2.48. The van der Waals surface area contributed by atoms with E-state index in [0.717, 1.165) is 64.6 Å². The molecule has 498 valence electrons. The zero-order valence-corrected chi connectivity index (χ0v) is 58.1. The van der Waals surface area contributed by atoms with E-state index in [0.29, 0.717) is 92.4 Å². The Bertz CT molecular complexity index is 6660. The topological polar surface area (TPSA) is 68.3 Å². The maximum Gasteiger partial charge on any atom is 0.194 e. The minimum Gasteiger partial charge on any atom is -0.294 e. The van der Waals surface area contributed by atoms with Crippen LogP contribution in [-0.2, 0) is 12.8 Å². The van der Waals surface area contributed by atoms with Crippen molar-refractivity contribution in [3.63, 3.8) is 0 Å². The summed E-state index contributed by atoms with van der Waals surface area (Å²) in [6.45, 7) is 0. The Morgan fingerprint density at radius 1 is 0.179 bits per heavy atom. The van der Waals surface area contributed by atoms with Crippen molar-refractivity contribution in [1.82, 2.24) is 0 Å². The van der Waals surface area contributed by atoms with Gasteiger partial charge in [-0.1, -0.05) is 303 Å². The summed E-state index contributed by atoms with van der Waals surface area (Å²) >= 11 is 0. The second kappa shape index (κ2) is 25.3. The van der Waals surface area contributed by atoms with Crippen molar-refractivity contribution in [2.45, 2.75) is 38.5 Å². The molecule has 4 nitrogen and oxygen atoms in total. The van der Waals surface area contributed by atoms with Crippen molar-refractivity contribution in [1.29, 1.82) is 0 Å². The summed E-state index contributed by atoms with van der Waals surface area (Å²) in [6, 6.07) is 112. The Morgan fingerprint density at radius 3 is 0.689 bits per heavy atom. The van der Waals surface area contributed by atoms with Crippen molar-refractivity contribution >= 4 is 152 Å². The minimum atomic E-state index is -0.252. The lowest BCUT2D eigenvalue weighted by Crippen LogP contribution is -2.12. The van der Waals surface area contributed by atoms with Crippen LogP contribution in [-0.4, -0.2) is 23.1 Å². The van der Waals surface area contributed by atoms with Crippen LogP contribution in [0.25, 0.3) is 163 Å². The van der Waals surface area contributed by atoms with Gasteiger partial charge in [0.2, 0.25) is 0 Å². The van der Waals surface area contributed by atoms with E-state index in [9.17, 15) is 0 Å². The van der Waals surface area contributed by atoms with Crippen LogP contribution >= 0.6 is 0 Å². The molecule has 0 unspecified atom stereocenters. The number of carbonyl (C=O) groups excluding carboxylic acids is 4. The van der Waals surface area contributed by atoms with Gasteiger partial charge in [-0.2, -0.15) is 0 Å². The van der Waals surface area contributed by atoms with E-state index in [2.05, 4.69) is 182 Å². The lowest BCUT2D eigenvalue weighted by molar-refractivity contribution is 0.0973. The molecular formula is C102H66O4. The molecule has 0 atom stereocenters. The summed E-state index contributed by atoms with van der Waals surface area (Å²) in [5.41, 5.74) is 9.25. The molecule has 106 heavy (non-hydrogen) atoms. The monoisotopic (exact) mass is 1350 g/mol. The van der Waals surface area contributed by atoms with E-state index < -0.39 is 0 Å². The highest BCUT2D eigenvalue weighted by molar-refractivity contribution is 6.31. The van der Waals surface area contributed by atoms with E-state index in [1.165, 1.54) is 75.8 Å². The Kier molecular flexibility index (Phi) is 14.9. The number of rotatable bonds is 17. The summed E-state index contributed by atoms with van der Waals surface area (Å²) in [7, 11) is 0. The summed E-state index contributed by atoms with van der Waals surface area (Å²) in [6.07, 6.45) is 3.24. The van der Waals surface area contributed by atoms with Crippen molar-refractivity contribution in [2.75, 3.05) is 0 Å². The first kappa shape index (κ1) is 62.5. The van der Waals surface area contributed by atoms with E-state index >= 15 is 19.2 Å². The molecule has 0 N–H and O–H groups in total. The maximum atomic E-state index is 17.1. The van der Waals surface area contributed by atoms with E-state index in [-0.39, 0.29) is 36.0 Å². The fraction of sp³-hybridized carbons (Fsp3) is 0.0588. The standard InChI is InChI=1S/C102H66O4/c103-89(35-15-23-67-37-39-73-43-41-69-25-13-27-71-51-53-81(67)93(73)91(69)71)83-55-45-61-17-1-7-29-75(61)95(83)97-77-31-9-3-19-63(77)47-57-85(97)101(105)87-59-49-65-21-5-11-33-79(65)99(87)100-80-34-12-6-22-66(80)50-60-88(100)102(106)86-58-48-64-20-4-10-32-78(64)98(86)96-76-30-8-2-18-62(76)46-56-84(96)90(104)36-16-24-68-38-40-74-44-42-70-26-14-28-72-52-54-82(68)94(74)92(70)72/h1-14,17-22,25-34,37-60H,15-16,23-24,35-36H2. The highest BCUT2D eigenvalue weighted by Gasteiger charge is 2.31. The average molecular weight is 1360 g/mol. The molecule has 0 heterocycles. The zero-order chi connectivity index (χ0) is 70.7. The van der Waals surface area contributed by atoms with Gasteiger partial charge in [-0.15, -0.1) is 0 Å². The van der Waals surface area contributed by atoms with Gasteiger partial charge in [-0.3, -0.25) is 19.2 Å². The average Bonchev–Trinajstić information content (AvgIpc) is 0.736. The molecule has 0 aliphatic carbocycles. The number of fused-ring (bicyclic) bond motifs is 6. The minimum absolute atomic E-state index is 0.000798. The molecule has 4 heteroatoms. The van der Waals surface area contributed by atoms with Crippen molar-refractivity contribution in [3.05, 3.63) is 372 Å². The van der Waals surface area contributed by atoms with Crippen LogP contribution in [0.15, 0.2) is 328 Å². The summed E-state index contributed by atoms with van der Waals surface area (Å²) in [4.78, 5) is 65.3. The molecule has 0 aliphatic heterocycles. The molecule has 0 aliphatic rings. The van der Waals surface area contributed by atoms with Gasteiger partial charge in [0.1, 0.15) is 0 Å². The van der Waals surface area contributed by atoms with Crippen LogP contribution in [0.5, 0.6) is 0 Å². The fourth-order valence-corrected chi connectivity index (χ4v) is 17.9. The predicted octanol–water partition coefficient (Wildman–Crippen LogP) is 26.3. The molecule has 20 rings (SSSR count). The third kappa shape index (κ3) is 10.1. The highest BCUT2D eigenvalue weighted by atomic mass is 16.1. The number of hydrogen-bond acceptors (Lipinski definition) is 4. The molecule has 20 aromatic carbocycles. The Labute approximate surface area is 611 Å². The third-order valence-electron chi connectivity index (χ3n) is 22.8. The first-order valence-electron chi connectivity index (χ1n) is 36.9. The van der Waals surface area contributed by atoms with Crippen molar-refractivity contribution in [3.8, 4) is 33.4 Å².